The number of nitrogens with one attached hydrogen (secondary N) is 1. The van der Waals surface area contributed by atoms with Gasteiger partial charge in [-0.15, -0.1) is 10.2 Å². The largest absolute Gasteiger partial charge is 0.463 e. The van der Waals surface area contributed by atoms with Gasteiger partial charge < -0.3 is 9.15 Å². The number of aromatic nitrogens is 4. The van der Waals surface area contributed by atoms with Crippen molar-refractivity contribution in [3.05, 3.63) is 40.2 Å². The fourth-order valence-electron chi connectivity index (χ4n) is 1.90. The van der Waals surface area contributed by atoms with Crippen LogP contribution in [0, 0.1) is 0 Å². The van der Waals surface area contributed by atoms with Crippen molar-refractivity contribution in [2.45, 2.75) is 6.92 Å². The topological polar surface area (TPSA) is 111 Å². The molecule has 3 aromatic rings. The lowest BCUT2D eigenvalue weighted by Gasteiger charge is -2.03. The van der Waals surface area contributed by atoms with Crippen LogP contribution in [0.25, 0.3) is 22.4 Å². The number of tetrazole rings is 1. The summed E-state index contributed by atoms with van der Waals surface area (Å²) in [5.74, 6) is -0.365. The van der Waals surface area contributed by atoms with Gasteiger partial charge in [-0.3, -0.25) is 4.79 Å². The second-order valence-electron chi connectivity index (χ2n) is 4.15. The van der Waals surface area contributed by atoms with E-state index in [0.717, 1.165) is 0 Å². The van der Waals surface area contributed by atoms with E-state index in [4.69, 9.17) is 9.15 Å². The predicted octanol–water partition coefficient (Wildman–Crippen LogP) is 1.15. The number of carbonyl (C=O) groups excluding carboxylic acids is 1. The summed E-state index contributed by atoms with van der Waals surface area (Å²) in [6.45, 7) is 1.97. The molecule has 2 heterocycles. The Morgan fingerprint density at radius 2 is 2.29 bits per heavy atom. The number of benzene rings is 1. The molecular formula is C13H10N4O4. The Labute approximate surface area is 117 Å². The Morgan fingerprint density at radius 1 is 1.43 bits per heavy atom. The second-order valence-corrected chi connectivity index (χ2v) is 4.15. The molecule has 0 radical (unpaired) electrons. The van der Waals surface area contributed by atoms with Crippen LogP contribution in [0.5, 0.6) is 0 Å². The molecule has 0 bridgehead atoms. The summed E-state index contributed by atoms with van der Waals surface area (Å²) in [6.07, 6.45) is 1.26. The van der Waals surface area contributed by atoms with E-state index < -0.39 is 5.97 Å². The van der Waals surface area contributed by atoms with Crippen molar-refractivity contribution >= 4 is 16.9 Å². The maximum atomic E-state index is 12.4. The third-order valence-electron chi connectivity index (χ3n) is 2.87. The first-order chi connectivity index (χ1) is 10.2. The highest BCUT2D eigenvalue weighted by molar-refractivity contribution is 5.94. The van der Waals surface area contributed by atoms with Gasteiger partial charge in [0.15, 0.2) is 0 Å². The van der Waals surface area contributed by atoms with Crippen LogP contribution in [-0.2, 0) is 4.74 Å². The number of nitrogens with zero attached hydrogens (tertiary/aromatic N) is 3. The minimum absolute atomic E-state index is 0.132. The van der Waals surface area contributed by atoms with E-state index in [1.165, 1.54) is 18.4 Å². The number of aromatic amines is 1. The van der Waals surface area contributed by atoms with Crippen molar-refractivity contribution in [1.82, 2.24) is 20.6 Å². The van der Waals surface area contributed by atoms with Crippen molar-refractivity contribution < 1.29 is 13.9 Å². The number of ether oxygens (including phenoxy) is 1. The quantitative estimate of drug-likeness (QED) is 0.719. The summed E-state index contributed by atoms with van der Waals surface area (Å²) >= 11 is 0. The normalized spacial score (nSPS) is 10.7. The Balaban J connectivity index is 2.17. The summed E-state index contributed by atoms with van der Waals surface area (Å²) in [4.78, 5) is 24.1. The lowest BCUT2D eigenvalue weighted by molar-refractivity contribution is 0.0526. The first-order valence-corrected chi connectivity index (χ1v) is 6.17. The number of H-pyrrole nitrogens is 1. The van der Waals surface area contributed by atoms with Crippen LogP contribution in [0.3, 0.4) is 0 Å². The van der Waals surface area contributed by atoms with Gasteiger partial charge in [-0.05, 0) is 30.3 Å². The van der Waals surface area contributed by atoms with Crippen LogP contribution in [0.1, 0.15) is 17.3 Å². The van der Waals surface area contributed by atoms with Crippen LogP contribution in [-0.4, -0.2) is 33.2 Å². The van der Waals surface area contributed by atoms with Crippen LogP contribution >= 0.6 is 0 Å². The molecule has 0 spiro atoms. The van der Waals surface area contributed by atoms with Crippen molar-refractivity contribution in [2.75, 3.05) is 6.61 Å². The van der Waals surface area contributed by atoms with Crippen molar-refractivity contribution in [3.8, 4) is 11.4 Å². The molecule has 0 amide bonds. The van der Waals surface area contributed by atoms with E-state index in [0.29, 0.717) is 5.58 Å². The van der Waals surface area contributed by atoms with Gasteiger partial charge in [0.25, 0.3) is 0 Å². The molecule has 0 unspecified atom stereocenters. The van der Waals surface area contributed by atoms with Crippen LogP contribution in [0.15, 0.2) is 33.7 Å². The minimum Gasteiger partial charge on any atom is -0.463 e. The van der Waals surface area contributed by atoms with Crippen LogP contribution in [0.2, 0.25) is 0 Å². The van der Waals surface area contributed by atoms with E-state index in [9.17, 15) is 9.59 Å². The zero-order valence-corrected chi connectivity index (χ0v) is 11.0. The zero-order valence-electron chi connectivity index (χ0n) is 11.0. The molecule has 0 atom stereocenters. The number of rotatable bonds is 3. The first kappa shape index (κ1) is 13.0. The molecular weight excluding hydrogens is 276 g/mol. The molecule has 0 aliphatic carbocycles. The van der Waals surface area contributed by atoms with Gasteiger partial charge >= 0.3 is 5.97 Å². The number of carbonyl (C=O) groups is 1. The number of fused-ring (bicyclic) bond motifs is 1. The van der Waals surface area contributed by atoms with Crippen LogP contribution in [0.4, 0.5) is 0 Å². The van der Waals surface area contributed by atoms with E-state index >= 15 is 0 Å². The Bertz CT molecular complexity index is 854. The molecule has 0 fully saturated rings. The lowest BCUT2D eigenvalue weighted by atomic mass is 10.1. The molecule has 0 aliphatic heterocycles. The molecule has 2 aromatic heterocycles. The standard InChI is InChI=1S/C13H10N4O4/c1-2-20-13(19)7-3-4-10-8(5-7)11(18)9(6-21-10)12-14-16-17-15-12/h3-6H,2H2,1H3,(H,14,15,16,17). The van der Waals surface area contributed by atoms with Gasteiger partial charge in [0.2, 0.25) is 11.3 Å². The molecule has 0 saturated heterocycles. The Hall–Kier alpha value is -3.03. The Kier molecular flexibility index (Phi) is 3.19. The highest BCUT2D eigenvalue weighted by Crippen LogP contribution is 2.18. The summed E-state index contributed by atoms with van der Waals surface area (Å²) in [5.41, 5.74) is 0.461. The van der Waals surface area contributed by atoms with Crippen molar-refractivity contribution in [2.24, 2.45) is 0 Å². The molecule has 8 nitrogen and oxygen atoms in total. The smallest absolute Gasteiger partial charge is 0.338 e. The highest BCUT2D eigenvalue weighted by Gasteiger charge is 2.15. The van der Waals surface area contributed by atoms with Gasteiger partial charge in [-0.1, -0.05) is 0 Å². The van der Waals surface area contributed by atoms with Gasteiger partial charge in [-0.2, -0.15) is 5.21 Å². The summed E-state index contributed by atoms with van der Waals surface area (Å²) in [7, 11) is 0. The van der Waals surface area contributed by atoms with E-state index in [1.807, 2.05) is 0 Å². The number of hydrogen-bond acceptors (Lipinski definition) is 7. The summed E-state index contributed by atoms with van der Waals surface area (Å²) < 4.78 is 10.3. The SMILES string of the molecule is CCOC(=O)c1ccc2occ(-c3nn[nH]n3)c(=O)c2c1. The number of esters is 1. The predicted molar refractivity (Wildman–Crippen MR) is 71.6 cm³/mol. The summed E-state index contributed by atoms with van der Waals surface area (Å²) in [6, 6.07) is 4.52. The van der Waals surface area contributed by atoms with Gasteiger partial charge in [0.1, 0.15) is 17.4 Å². The molecule has 106 valence electrons. The van der Waals surface area contributed by atoms with E-state index in [2.05, 4.69) is 20.6 Å². The van der Waals surface area contributed by atoms with Gasteiger partial charge in [-0.25, -0.2) is 4.79 Å². The maximum absolute atomic E-state index is 12.4. The third kappa shape index (κ3) is 2.27. The lowest BCUT2D eigenvalue weighted by Crippen LogP contribution is -2.09. The molecule has 0 aliphatic rings. The van der Waals surface area contributed by atoms with Crippen molar-refractivity contribution in [1.29, 1.82) is 0 Å². The van der Waals surface area contributed by atoms with E-state index in [-0.39, 0.29) is 34.4 Å². The molecule has 8 heteroatoms. The minimum atomic E-state index is -0.497. The molecule has 3 rings (SSSR count). The molecule has 0 saturated carbocycles. The molecule has 21 heavy (non-hydrogen) atoms. The van der Waals surface area contributed by atoms with E-state index in [1.54, 1.807) is 13.0 Å². The molecule has 1 aromatic carbocycles. The van der Waals surface area contributed by atoms with Gasteiger partial charge in [0, 0.05) is 0 Å². The average molecular weight is 286 g/mol. The fourth-order valence-corrected chi connectivity index (χ4v) is 1.90. The second kappa shape index (κ2) is 5.16. The van der Waals surface area contributed by atoms with Crippen molar-refractivity contribution in [3.63, 3.8) is 0 Å². The monoisotopic (exact) mass is 286 g/mol. The van der Waals surface area contributed by atoms with Gasteiger partial charge in [0.05, 0.1) is 17.6 Å². The Morgan fingerprint density at radius 3 is 3.00 bits per heavy atom. The maximum Gasteiger partial charge on any atom is 0.338 e. The molecule has 1 N–H and O–H groups in total. The van der Waals surface area contributed by atoms with Crippen LogP contribution < -0.4 is 5.43 Å². The average Bonchev–Trinajstić information content (AvgIpc) is 3.02. The zero-order chi connectivity index (χ0) is 14.8. The summed E-state index contributed by atoms with van der Waals surface area (Å²) in [5, 5.41) is 13.4. The highest BCUT2D eigenvalue weighted by atomic mass is 16.5. The first-order valence-electron chi connectivity index (χ1n) is 6.17. The number of hydrogen-bond donors (Lipinski definition) is 1. The third-order valence-corrected chi connectivity index (χ3v) is 2.87. The fraction of sp³-hybridized carbons (Fsp3) is 0.154.